The van der Waals surface area contributed by atoms with Gasteiger partial charge in [0.05, 0.1) is 11.2 Å². The van der Waals surface area contributed by atoms with Crippen LogP contribution in [0, 0.1) is 5.92 Å². The van der Waals surface area contributed by atoms with Crippen LogP contribution in [-0.2, 0) is 6.54 Å². The molecule has 2 N–H and O–H groups in total. The monoisotopic (exact) mass is 226 g/mol. The minimum atomic E-state index is 0.360. The third-order valence-electron chi connectivity index (χ3n) is 3.16. The molecule has 1 aromatic rings. The maximum Gasteiger partial charge on any atom is 0.0795 e. The van der Waals surface area contributed by atoms with Crippen LogP contribution in [-0.4, -0.2) is 22.7 Å². The van der Waals surface area contributed by atoms with Gasteiger partial charge in [0.25, 0.3) is 0 Å². The standard InChI is InChI=1S/C11H18N2OS/c14-6-9-1-3-10(4-2-9)12-5-11-7-15-8-13-11/h7-10,12,14H,1-6H2. The quantitative estimate of drug-likeness (QED) is 0.822. The second kappa shape index (κ2) is 5.58. The van der Waals surface area contributed by atoms with Crippen molar-refractivity contribution < 1.29 is 5.11 Å². The molecular formula is C11H18N2OS. The highest BCUT2D eigenvalue weighted by molar-refractivity contribution is 7.07. The van der Waals surface area contributed by atoms with Gasteiger partial charge in [0, 0.05) is 24.6 Å². The van der Waals surface area contributed by atoms with Crippen molar-refractivity contribution in [2.75, 3.05) is 6.61 Å². The van der Waals surface area contributed by atoms with Crippen LogP contribution in [0.3, 0.4) is 0 Å². The van der Waals surface area contributed by atoms with E-state index < -0.39 is 0 Å². The van der Waals surface area contributed by atoms with Crippen molar-refractivity contribution in [2.24, 2.45) is 5.92 Å². The first-order chi connectivity index (χ1) is 7.38. The van der Waals surface area contributed by atoms with Gasteiger partial charge in [-0.1, -0.05) is 0 Å². The molecule has 0 amide bonds. The van der Waals surface area contributed by atoms with Crippen LogP contribution in [0.25, 0.3) is 0 Å². The molecule has 0 saturated heterocycles. The summed E-state index contributed by atoms with van der Waals surface area (Å²) in [6, 6.07) is 0.620. The zero-order valence-electron chi connectivity index (χ0n) is 8.85. The average Bonchev–Trinajstić information content (AvgIpc) is 2.80. The molecule has 1 aromatic heterocycles. The second-order valence-electron chi connectivity index (χ2n) is 4.26. The Morgan fingerprint density at radius 3 is 2.80 bits per heavy atom. The summed E-state index contributed by atoms with van der Waals surface area (Å²) in [6.45, 7) is 1.25. The van der Waals surface area contributed by atoms with Crippen molar-refractivity contribution in [3.05, 3.63) is 16.6 Å². The van der Waals surface area contributed by atoms with Gasteiger partial charge in [-0.3, -0.25) is 0 Å². The van der Waals surface area contributed by atoms with Gasteiger partial charge in [-0.15, -0.1) is 11.3 Å². The SMILES string of the molecule is OCC1CCC(NCc2cscn2)CC1. The first-order valence-corrected chi connectivity index (χ1v) is 6.54. The largest absolute Gasteiger partial charge is 0.396 e. The van der Waals surface area contributed by atoms with Crippen LogP contribution in [0.2, 0.25) is 0 Å². The van der Waals surface area contributed by atoms with E-state index in [1.165, 1.54) is 12.8 Å². The Morgan fingerprint density at radius 2 is 2.20 bits per heavy atom. The molecule has 1 heterocycles. The number of thiazole rings is 1. The fourth-order valence-electron chi connectivity index (χ4n) is 2.12. The van der Waals surface area contributed by atoms with E-state index in [0.29, 0.717) is 18.6 Å². The minimum absolute atomic E-state index is 0.360. The molecule has 1 fully saturated rings. The fourth-order valence-corrected chi connectivity index (χ4v) is 2.68. The summed E-state index contributed by atoms with van der Waals surface area (Å²) in [4.78, 5) is 4.25. The van der Waals surface area contributed by atoms with Crippen molar-refractivity contribution in [3.8, 4) is 0 Å². The first-order valence-electron chi connectivity index (χ1n) is 5.60. The molecular weight excluding hydrogens is 208 g/mol. The highest BCUT2D eigenvalue weighted by Gasteiger charge is 2.19. The maximum atomic E-state index is 9.03. The summed E-state index contributed by atoms with van der Waals surface area (Å²) in [5.41, 5.74) is 3.02. The molecule has 2 rings (SSSR count). The van der Waals surface area contributed by atoms with Crippen LogP contribution in [0.15, 0.2) is 10.9 Å². The summed E-state index contributed by atoms with van der Waals surface area (Å²) in [5.74, 6) is 0.544. The lowest BCUT2D eigenvalue weighted by Crippen LogP contribution is -2.33. The molecule has 0 atom stereocenters. The molecule has 1 aliphatic carbocycles. The maximum absolute atomic E-state index is 9.03. The zero-order chi connectivity index (χ0) is 10.5. The molecule has 84 valence electrons. The normalized spacial score (nSPS) is 26.7. The van der Waals surface area contributed by atoms with Crippen LogP contribution >= 0.6 is 11.3 Å². The number of nitrogens with zero attached hydrogens (tertiary/aromatic N) is 1. The molecule has 0 aliphatic heterocycles. The zero-order valence-corrected chi connectivity index (χ0v) is 9.67. The fraction of sp³-hybridized carbons (Fsp3) is 0.727. The van der Waals surface area contributed by atoms with E-state index in [1.807, 2.05) is 5.51 Å². The van der Waals surface area contributed by atoms with E-state index in [2.05, 4.69) is 15.7 Å². The third kappa shape index (κ3) is 3.26. The second-order valence-corrected chi connectivity index (χ2v) is 4.98. The Kier molecular flexibility index (Phi) is 4.11. The number of aliphatic hydroxyl groups excluding tert-OH is 1. The summed E-state index contributed by atoms with van der Waals surface area (Å²) < 4.78 is 0. The average molecular weight is 226 g/mol. The molecule has 0 unspecified atom stereocenters. The van der Waals surface area contributed by atoms with Crippen molar-refractivity contribution in [1.29, 1.82) is 0 Å². The van der Waals surface area contributed by atoms with Crippen molar-refractivity contribution in [2.45, 2.75) is 38.3 Å². The smallest absolute Gasteiger partial charge is 0.0795 e. The van der Waals surface area contributed by atoms with Crippen molar-refractivity contribution in [3.63, 3.8) is 0 Å². The van der Waals surface area contributed by atoms with E-state index >= 15 is 0 Å². The number of hydrogen-bond donors (Lipinski definition) is 2. The Balaban J connectivity index is 1.69. The molecule has 4 heteroatoms. The van der Waals surface area contributed by atoms with E-state index in [9.17, 15) is 0 Å². The van der Waals surface area contributed by atoms with Crippen LogP contribution in [0.5, 0.6) is 0 Å². The van der Waals surface area contributed by atoms with Gasteiger partial charge in [0.1, 0.15) is 0 Å². The van der Waals surface area contributed by atoms with Gasteiger partial charge < -0.3 is 10.4 Å². The Hall–Kier alpha value is -0.450. The Bertz CT molecular complexity index is 268. The summed E-state index contributed by atoms with van der Waals surface area (Å²) in [5, 5.41) is 14.6. The number of rotatable bonds is 4. The van der Waals surface area contributed by atoms with Gasteiger partial charge in [-0.25, -0.2) is 4.98 Å². The molecule has 0 bridgehead atoms. The number of nitrogens with one attached hydrogen (secondary N) is 1. The Labute approximate surface area is 94.5 Å². The minimum Gasteiger partial charge on any atom is -0.396 e. The predicted molar refractivity (Wildman–Crippen MR) is 61.8 cm³/mol. The van der Waals surface area contributed by atoms with E-state index in [1.54, 1.807) is 11.3 Å². The van der Waals surface area contributed by atoms with Crippen LogP contribution in [0.4, 0.5) is 0 Å². The summed E-state index contributed by atoms with van der Waals surface area (Å²) >= 11 is 1.65. The lowest BCUT2D eigenvalue weighted by molar-refractivity contribution is 0.175. The molecule has 15 heavy (non-hydrogen) atoms. The van der Waals surface area contributed by atoms with Gasteiger partial charge in [0.15, 0.2) is 0 Å². The van der Waals surface area contributed by atoms with E-state index in [-0.39, 0.29) is 0 Å². The Morgan fingerprint density at radius 1 is 1.40 bits per heavy atom. The summed E-state index contributed by atoms with van der Waals surface area (Å²) in [6.07, 6.45) is 4.70. The molecule has 0 aromatic carbocycles. The van der Waals surface area contributed by atoms with Gasteiger partial charge >= 0.3 is 0 Å². The van der Waals surface area contributed by atoms with E-state index in [4.69, 9.17) is 5.11 Å². The predicted octanol–water partition coefficient (Wildman–Crippen LogP) is 1.78. The van der Waals surface area contributed by atoms with Crippen LogP contribution in [0.1, 0.15) is 31.4 Å². The summed E-state index contributed by atoms with van der Waals surface area (Å²) in [7, 11) is 0. The number of hydrogen-bond acceptors (Lipinski definition) is 4. The van der Waals surface area contributed by atoms with Crippen molar-refractivity contribution >= 4 is 11.3 Å². The molecule has 0 spiro atoms. The molecule has 1 saturated carbocycles. The number of aliphatic hydroxyl groups is 1. The topological polar surface area (TPSA) is 45.1 Å². The van der Waals surface area contributed by atoms with Gasteiger partial charge in [0.2, 0.25) is 0 Å². The first kappa shape index (κ1) is 11.0. The third-order valence-corrected chi connectivity index (χ3v) is 3.80. The molecule has 1 aliphatic rings. The van der Waals surface area contributed by atoms with Crippen LogP contribution < -0.4 is 5.32 Å². The highest BCUT2D eigenvalue weighted by Crippen LogP contribution is 2.23. The number of aromatic nitrogens is 1. The highest BCUT2D eigenvalue weighted by atomic mass is 32.1. The molecule has 3 nitrogen and oxygen atoms in total. The van der Waals surface area contributed by atoms with Gasteiger partial charge in [-0.2, -0.15) is 0 Å². The van der Waals surface area contributed by atoms with E-state index in [0.717, 1.165) is 25.1 Å². The van der Waals surface area contributed by atoms with Gasteiger partial charge in [-0.05, 0) is 31.6 Å². The lowest BCUT2D eigenvalue weighted by atomic mass is 9.86. The lowest BCUT2D eigenvalue weighted by Gasteiger charge is -2.27. The van der Waals surface area contributed by atoms with Crippen molar-refractivity contribution in [1.82, 2.24) is 10.3 Å². The molecule has 0 radical (unpaired) electrons.